The van der Waals surface area contributed by atoms with Gasteiger partial charge in [-0.25, -0.2) is 0 Å². The summed E-state index contributed by atoms with van der Waals surface area (Å²) in [6.45, 7) is 6.81. The fraction of sp³-hybridized carbons (Fsp3) is 0.708. The third kappa shape index (κ3) is 7.71. The Kier molecular flexibility index (Phi) is 9.69. The van der Waals surface area contributed by atoms with Crippen LogP contribution in [0.15, 0.2) is 24.3 Å². The number of hydrogen-bond acceptors (Lipinski definition) is 4. The van der Waals surface area contributed by atoms with Crippen molar-refractivity contribution in [3.05, 3.63) is 29.8 Å². The van der Waals surface area contributed by atoms with E-state index in [-0.39, 0.29) is 0 Å². The number of nitrogens with one attached hydrogen (secondary N) is 1. The Labute approximate surface area is 188 Å². The molecule has 3 rings (SSSR count). The molecule has 0 bridgehead atoms. The maximum atomic E-state index is 5.91. The number of ether oxygens (including phenoxy) is 1. The third-order valence-corrected chi connectivity index (χ3v) is 6.68. The molecule has 5 nitrogen and oxygen atoms in total. The summed E-state index contributed by atoms with van der Waals surface area (Å²) in [6, 6.07) is 9.40. The monoisotopic (exact) mass is 432 g/mol. The molecule has 1 saturated carbocycles. The summed E-state index contributed by atoms with van der Waals surface area (Å²) in [5.74, 6) is 0. The zero-order valence-corrected chi connectivity index (χ0v) is 19.8. The molecule has 1 aliphatic heterocycles. The Hall–Kier alpha value is -1.37. The van der Waals surface area contributed by atoms with Crippen molar-refractivity contribution in [1.82, 2.24) is 15.1 Å². The highest BCUT2D eigenvalue weighted by Gasteiger charge is 2.18. The molecule has 0 spiro atoms. The van der Waals surface area contributed by atoms with E-state index in [0.717, 1.165) is 57.5 Å². The lowest BCUT2D eigenvalue weighted by molar-refractivity contribution is 0.0367. The Balaban J connectivity index is 1.58. The number of anilines is 1. The van der Waals surface area contributed by atoms with Crippen LogP contribution in [0.1, 0.15) is 50.5 Å². The van der Waals surface area contributed by atoms with Crippen molar-refractivity contribution in [1.29, 1.82) is 0 Å². The summed E-state index contributed by atoms with van der Waals surface area (Å²) in [6.07, 6.45) is 9.01. The van der Waals surface area contributed by atoms with Gasteiger partial charge in [0.25, 0.3) is 0 Å². The van der Waals surface area contributed by atoms with Crippen molar-refractivity contribution >= 4 is 23.0 Å². The summed E-state index contributed by atoms with van der Waals surface area (Å²) in [5.41, 5.74) is 2.55. The van der Waals surface area contributed by atoms with Crippen molar-refractivity contribution in [3.63, 3.8) is 0 Å². The Bertz CT molecular complexity index is 623. The first kappa shape index (κ1) is 23.3. The van der Waals surface area contributed by atoms with E-state index in [4.69, 9.17) is 17.0 Å². The van der Waals surface area contributed by atoms with Crippen LogP contribution in [0, 0.1) is 0 Å². The third-order valence-electron chi connectivity index (χ3n) is 6.30. The lowest BCUT2D eigenvalue weighted by Gasteiger charge is -2.31. The second-order valence-electron chi connectivity index (χ2n) is 8.93. The van der Waals surface area contributed by atoms with Crippen molar-refractivity contribution in [3.8, 4) is 0 Å². The first-order chi connectivity index (χ1) is 14.6. The molecule has 0 unspecified atom stereocenters. The quantitative estimate of drug-likeness (QED) is 0.496. The zero-order chi connectivity index (χ0) is 21.2. The van der Waals surface area contributed by atoms with Gasteiger partial charge in [-0.2, -0.15) is 0 Å². The van der Waals surface area contributed by atoms with Crippen LogP contribution in [-0.2, 0) is 11.3 Å². The topological polar surface area (TPSA) is 31.0 Å². The van der Waals surface area contributed by atoms with Gasteiger partial charge in [-0.1, -0.05) is 37.8 Å². The first-order valence-electron chi connectivity index (χ1n) is 11.7. The lowest BCUT2D eigenvalue weighted by Crippen LogP contribution is -2.45. The van der Waals surface area contributed by atoms with E-state index in [2.05, 4.69) is 58.4 Å². The summed E-state index contributed by atoms with van der Waals surface area (Å²) >= 11 is 5.91. The second-order valence-corrected chi connectivity index (χ2v) is 9.31. The first-order valence-corrected chi connectivity index (χ1v) is 12.1. The minimum Gasteiger partial charge on any atom is -0.379 e. The maximum Gasteiger partial charge on any atom is 0.169 e. The molecule has 1 aromatic carbocycles. The van der Waals surface area contributed by atoms with E-state index in [1.54, 1.807) is 0 Å². The predicted molar refractivity (Wildman–Crippen MR) is 130 cm³/mol. The van der Waals surface area contributed by atoms with Gasteiger partial charge in [0, 0.05) is 58.5 Å². The van der Waals surface area contributed by atoms with E-state index >= 15 is 0 Å². The molecule has 0 aromatic heterocycles. The van der Waals surface area contributed by atoms with Gasteiger partial charge in [-0.3, -0.25) is 4.90 Å². The van der Waals surface area contributed by atoms with Crippen LogP contribution in [0.2, 0.25) is 0 Å². The van der Waals surface area contributed by atoms with Gasteiger partial charge in [0.15, 0.2) is 5.11 Å². The molecular formula is C24H40N4OS. The normalized spacial score (nSPS) is 18.6. The summed E-state index contributed by atoms with van der Waals surface area (Å²) in [4.78, 5) is 7.03. The summed E-state index contributed by atoms with van der Waals surface area (Å²) in [5, 5.41) is 4.64. The fourth-order valence-electron chi connectivity index (χ4n) is 4.37. The number of nitrogens with zero attached hydrogens (tertiary/aromatic N) is 3. The Morgan fingerprint density at radius 1 is 1.07 bits per heavy atom. The van der Waals surface area contributed by atoms with E-state index < -0.39 is 0 Å². The lowest BCUT2D eigenvalue weighted by atomic mass is 10.1. The Morgan fingerprint density at radius 2 is 1.73 bits per heavy atom. The standard InChI is InChI=1S/C24H40N4OS/c1-26(2)23-12-10-21(11-13-23)20-28(15-7-14-27-16-18-29-19-17-27)24(30)25-22-8-5-3-4-6-9-22/h10-13,22H,3-9,14-20H2,1-2H3,(H,25,30). The fourth-order valence-corrected chi connectivity index (χ4v) is 4.69. The minimum absolute atomic E-state index is 0.540. The maximum absolute atomic E-state index is 5.91. The molecule has 1 heterocycles. The molecule has 168 valence electrons. The van der Waals surface area contributed by atoms with Gasteiger partial charge < -0.3 is 19.9 Å². The molecule has 2 fully saturated rings. The van der Waals surface area contributed by atoms with Gasteiger partial charge in [-0.15, -0.1) is 0 Å². The van der Waals surface area contributed by atoms with Crippen LogP contribution in [0.3, 0.4) is 0 Å². The molecule has 1 aliphatic carbocycles. The molecular weight excluding hydrogens is 392 g/mol. The molecule has 0 atom stereocenters. The molecule has 0 radical (unpaired) electrons. The number of benzene rings is 1. The number of rotatable bonds is 8. The van der Waals surface area contributed by atoms with Gasteiger partial charge >= 0.3 is 0 Å². The van der Waals surface area contributed by atoms with Gasteiger partial charge in [0.05, 0.1) is 13.2 Å². The minimum atomic E-state index is 0.540. The van der Waals surface area contributed by atoms with Crippen LogP contribution < -0.4 is 10.2 Å². The molecule has 30 heavy (non-hydrogen) atoms. The largest absolute Gasteiger partial charge is 0.379 e. The second kappa shape index (κ2) is 12.5. The molecule has 2 aliphatic rings. The average Bonchev–Trinajstić information content (AvgIpc) is 3.03. The van der Waals surface area contributed by atoms with Crippen LogP contribution in [0.25, 0.3) is 0 Å². The van der Waals surface area contributed by atoms with Crippen LogP contribution in [0.4, 0.5) is 5.69 Å². The van der Waals surface area contributed by atoms with Gasteiger partial charge in [0.2, 0.25) is 0 Å². The highest BCUT2D eigenvalue weighted by atomic mass is 32.1. The van der Waals surface area contributed by atoms with Gasteiger partial charge in [0.1, 0.15) is 0 Å². The summed E-state index contributed by atoms with van der Waals surface area (Å²) in [7, 11) is 4.16. The predicted octanol–water partition coefficient (Wildman–Crippen LogP) is 3.87. The van der Waals surface area contributed by atoms with Gasteiger partial charge in [-0.05, 0) is 49.2 Å². The number of morpholine rings is 1. The van der Waals surface area contributed by atoms with Crippen LogP contribution in [0.5, 0.6) is 0 Å². The molecule has 1 aromatic rings. The molecule has 1 saturated heterocycles. The van der Waals surface area contributed by atoms with Crippen molar-refractivity contribution in [2.45, 2.75) is 57.5 Å². The van der Waals surface area contributed by atoms with E-state index in [1.165, 1.54) is 49.8 Å². The highest BCUT2D eigenvalue weighted by molar-refractivity contribution is 7.80. The Morgan fingerprint density at radius 3 is 2.37 bits per heavy atom. The molecule has 0 amide bonds. The number of thiocarbonyl (C=S) groups is 1. The van der Waals surface area contributed by atoms with Crippen LogP contribution in [-0.4, -0.2) is 74.4 Å². The van der Waals surface area contributed by atoms with Crippen LogP contribution >= 0.6 is 12.2 Å². The smallest absolute Gasteiger partial charge is 0.169 e. The van der Waals surface area contributed by atoms with E-state index in [1.807, 2.05) is 0 Å². The molecule has 1 N–H and O–H groups in total. The van der Waals surface area contributed by atoms with Crippen molar-refractivity contribution in [2.75, 3.05) is 58.4 Å². The zero-order valence-electron chi connectivity index (χ0n) is 18.9. The number of hydrogen-bond donors (Lipinski definition) is 1. The van der Waals surface area contributed by atoms with E-state index in [9.17, 15) is 0 Å². The van der Waals surface area contributed by atoms with Crippen molar-refractivity contribution < 1.29 is 4.74 Å². The molecule has 6 heteroatoms. The summed E-state index contributed by atoms with van der Waals surface area (Å²) < 4.78 is 5.48. The highest BCUT2D eigenvalue weighted by Crippen LogP contribution is 2.18. The van der Waals surface area contributed by atoms with Crippen molar-refractivity contribution in [2.24, 2.45) is 0 Å². The average molecular weight is 433 g/mol. The SMILES string of the molecule is CN(C)c1ccc(CN(CCCN2CCOCC2)C(=S)NC2CCCCCC2)cc1. The van der Waals surface area contributed by atoms with E-state index in [0.29, 0.717) is 6.04 Å².